The Hall–Kier alpha value is -4.54. The Balaban J connectivity index is 1.39. The highest BCUT2D eigenvalue weighted by atomic mass is 19.1. The third-order valence-electron chi connectivity index (χ3n) is 5.93. The highest BCUT2D eigenvalue weighted by Crippen LogP contribution is 2.32. The molecule has 0 saturated carbocycles. The molecule has 0 spiro atoms. The maximum Gasteiger partial charge on any atom is 0.355 e. The molecule has 0 radical (unpaired) electrons. The van der Waals surface area contributed by atoms with Gasteiger partial charge in [0.2, 0.25) is 5.95 Å². The van der Waals surface area contributed by atoms with Crippen molar-refractivity contribution in [2.24, 2.45) is 0 Å². The predicted octanol–water partition coefficient (Wildman–Crippen LogP) is 2.91. The van der Waals surface area contributed by atoms with Crippen LogP contribution < -0.4 is 10.1 Å². The van der Waals surface area contributed by atoms with Crippen LogP contribution in [0.25, 0.3) is 22.4 Å². The number of hydrogen-bond donors (Lipinski definition) is 1. The van der Waals surface area contributed by atoms with E-state index in [9.17, 15) is 9.18 Å². The van der Waals surface area contributed by atoms with E-state index in [1.54, 1.807) is 45.6 Å². The summed E-state index contributed by atoms with van der Waals surface area (Å²) < 4.78 is 28.3. The van der Waals surface area contributed by atoms with Gasteiger partial charge in [-0.3, -0.25) is 8.80 Å². The zero-order valence-electron chi connectivity index (χ0n) is 18.0. The van der Waals surface area contributed by atoms with Crippen molar-refractivity contribution in [3.05, 3.63) is 71.8 Å². The van der Waals surface area contributed by atoms with Crippen LogP contribution in [0.3, 0.4) is 0 Å². The van der Waals surface area contributed by atoms with E-state index >= 15 is 0 Å². The topological polar surface area (TPSA) is 108 Å². The lowest BCUT2D eigenvalue weighted by Crippen LogP contribution is -2.10. The van der Waals surface area contributed by atoms with Gasteiger partial charge in [-0.1, -0.05) is 0 Å². The number of anilines is 1. The van der Waals surface area contributed by atoms with Crippen LogP contribution in [0, 0.1) is 5.82 Å². The number of carbonyl (C=O) groups excluding carboxylic acids is 1. The van der Waals surface area contributed by atoms with Gasteiger partial charge in [0.1, 0.15) is 29.2 Å². The van der Waals surface area contributed by atoms with Crippen LogP contribution in [-0.2, 0) is 17.7 Å². The first kappa shape index (κ1) is 20.1. The van der Waals surface area contributed by atoms with E-state index in [1.165, 1.54) is 19.5 Å². The van der Waals surface area contributed by atoms with E-state index in [0.29, 0.717) is 47.1 Å². The number of rotatable bonds is 5. The molecule has 1 aliphatic rings. The summed E-state index contributed by atoms with van der Waals surface area (Å²) in [6.45, 7) is 0.780. The average Bonchev–Trinajstić information content (AvgIpc) is 3.62. The van der Waals surface area contributed by atoms with Gasteiger partial charge in [-0.15, -0.1) is 10.2 Å². The molecule has 4 aromatic heterocycles. The SMILES string of the molecule is COC(=O)c1ccc(-c2cnc(NCc3c(F)ccc4c3CCO4)n3cnnc23)c2nccn12. The third-order valence-corrected chi connectivity index (χ3v) is 5.93. The van der Waals surface area contributed by atoms with E-state index < -0.39 is 5.97 Å². The van der Waals surface area contributed by atoms with Gasteiger partial charge in [-0.2, -0.15) is 0 Å². The van der Waals surface area contributed by atoms with Crippen LogP contribution in [0.15, 0.2) is 49.2 Å². The average molecular weight is 459 g/mol. The fraction of sp³-hybridized carbons (Fsp3) is 0.174. The summed E-state index contributed by atoms with van der Waals surface area (Å²) in [6.07, 6.45) is 7.15. The lowest BCUT2D eigenvalue weighted by Gasteiger charge is -2.13. The molecule has 11 heteroatoms. The Bertz CT molecular complexity index is 1580. The van der Waals surface area contributed by atoms with Crippen LogP contribution in [-0.4, -0.2) is 48.7 Å². The van der Waals surface area contributed by atoms with Gasteiger partial charge in [0.15, 0.2) is 5.65 Å². The maximum absolute atomic E-state index is 14.5. The predicted molar refractivity (Wildman–Crippen MR) is 119 cm³/mol. The normalized spacial score (nSPS) is 12.6. The summed E-state index contributed by atoms with van der Waals surface area (Å²) in [4.78, 5) is 21.1. The van der Waals surface area contributed by atoms with Crippen molar-refractivity contribution in [1.82, 2.24) is 29.0 Å². The number of halogens is 1. The fourth-order valence-electron chi connectivity index (χ4n) is 4.31. The molecule has 10 nitrogen and oxygen atoms in total. The molecule has 1 aromatic carbocycles. The van der Waals surface area contributed by atoms with Crippen molar-refractivity contribution in [3.63, 3.8) is 0 Å². The number of aromatic nitrogens is 6. The second kappa shape index (κ2) is 7.80. The molecule has 0 saturated heterocycles. The number of esters is 1. The number of imidazole rings is 1. The number of hydrogen-bond acceptors (Lipinski definition) is 8. The van der Waals surface area contributed by atoms with Crippen molar-refractivity contribution in [3.8, 4) is 16.9 Å². The Labute approximate surface area is 192 Å². The minimum atomic E-state index is -0.468. The van der Waals surface area contributed by atoms with E-state index in [2.05, 4.69) is 25.5 Å². The molecule has 0 unspecified atom stereocenters. The van der Waals surface area contributed by atoms with Crippen LogP contribution in [0.4, 0.5) is 10.3 Å². The van der Waals surface area contributed by atoms with Gasteiger partial charge in [0.05, 0.1) is 13.7 Å². The molecule has 0 fully saturated rings. The summed E-state index contributed by atoms with van der Waals surface area (Å²) in [7, 11) is 1.33. The minimum Gasteiger partial charge on any atom is -0.493 e. The highest BCUT2D eigenvalue weighted by Gasteiger charge is 2.21. The number of nitrogens with one attached hydrogen (secondary N) is 1. The van der Waals surface area contributed by atoms with E-state index in [-0.39, 0.29) is 12.4 Å². The molecule has 0 amide bonds. The number of carbonyl (C=O) groups is 1. The van der Waals surface area contributed by atoms with Crippen LogP contribution in [0.2, 0.25) is 0 Å². The van der Waals surface area contributed by atoms with Crippen molar-refractivity contribution in [2.45, 2.75) is 13.0 Å². The minimum absolute atomic E-state index is 0.232. The van der Waals surface area contributed by atoms with Gasteiger partial charge in [0.25, 0.3) is 0 Å². The molecular formula is C23H18FN7O3. The summed E-state index contributed by atoms with van der Waals surface area (Å²) >= 11 is 0. The Morgan fingerprint density at radius 3 is 2.97 bits per heavy atom. The van der Waals surface area contributed by atoms with Crippen LogP contribution >= 0.6 is 0 Å². The molecular weight excluding hydrogens is 441 g/mol. The van der Waals surface area contributed by atoms with Gasteiger partial charge in [0, 0.05) is 53.8 Å². The van der Waals surface area contributed by atoms with Crippen molar-refractivity contribution < 1.29 is 18.7 Å². The molecule has 0 atom stereocenters. The summed E-state index contributed by atoms with van der Waals surface area (Å²) in [5, 5.41) is 11.5. The molecule has 6 rings (SSSR count). The molecule has 34 heavy (non-hydrogen) atoms. The molecule has 170 valence electrons. The quantitative estimate of drug-likeness (QED) is 0.400. The van der Waals surface area contributed by atoms with Crippen LogP contribution in [0.1, 0.15) is 21.6 Å². The number of ether oxygens (including phenoxy) is 2. The molecule has 1 aliphatic heterocycles. The van der Waals surface area contributed by atoms with Crippen LogP contribution in [0.5, 0.6) is 5.75 Å². The van der Waals surface area contributed by atoms with Gasteiger partial charge < -0.3 is 14.8 Å². The number of nitrogens with zero attached hydrogens (tertiary/aromatic N) is 6. The molecule has 0 aliphatic carbocycles. The van der Waals surface area contributed by atoms with Crippen molar-refractivity contribution in [1.29, 1.82) is 0 Å². The van der Waals surface area contributed by atoms with Gasteiger partial charge in [-0.05, 0) is 24.3 Å². The standard InChI is InChI=1S/C23H18FN7O3/c1-33-22(32)18-4-2-14(20-25-7-8-30(18)20)16-11-27-23(31-12-28-29-21(16)31)26-10-15-13-6-9-34-19(13)5-3-17(15)24/h2-5,7-8,11-12H,6,9-10H2,1H3,(H,26,27). The molecule has 1 N–H and O–H groups in total. The number of pyridine rings is 1. The first-order valence-electron chi connectivity index (χ1n) is 10.6. The van der Waals surface area contributed by atoms with E-state index in [0.717, 1.165) is 16.9 Å². The van der Waals surface area contributed by atoms with Gasteiger partial charge >= 0.3 is 5.97 Å². The molecule has 0 bridgehead atoms. The largest absolute Gasteiger partial charge is 0.493 e. The summed E-state index contributed by atoms with van der Waals surface area (Å²) in [5.41, 5.74) is 4.27. The van der Waals surface area contributed by atoms with E-state index in [4.69, 9.17) is 9.47 Å². The Kier molecular flexibility index (Phi) is 4.61. The molecule has 5 aromatic rings. The Morgan fingerprint density at radius 1 is 1.18 bits per heavy atom. The summed E-state index contributed by atoms with van der Waals surface area (Å²) in [6, 6.07) is 6.51. The lowest BCUT2D eigenvalue weighted by atomic mass is 10.0. The van der Waals surface area contributed by atoms with Gasteiger partial charge in [-0.25, -0.2) is 19.2 Å². The first-order chi connectivity index (χ1) is 16.7. The maximum atomic E-state index is 14.5. The zero-order chi connectivity index (χ0) is 23.2. The van der Waals surface area contributed by atoms with Crippen molar-refractivity contribution in [2.75, 3.05) is 19.0 Å². The molecule has 5 heterocycles. The summed E-state index contributed by atoms with van der Waals surface area (Å²) in [5.74, 6) is 0.422. The highest BCUT2D eigenvalue weighted by molar-refractivity contribution is 5.92. The fourth-order valence-corrected chi connectivity index (χ4v) is 4.31. The second-order valence-corrected chi connectivity index (χ2v) is 7.72. The van der Waals surface area contributed by atoms with Crippen molar-refractivity contribution >= 4 is 23.2 Å². The Morgan fingerprint density at radius 2 is 2.09 bits per heavy atom. The number of benzene rings is 1. The first-order valence-corrected chi connectivity index (χ1v) is 10.6. The number of fused-ring (bicyclic) bond motifs is 3. The third kappa shape index (κ3) is 3.04. The lowest BCUT2D eigenvalue weighted by molar-refractivity contribution is 0.0592. The smallest absolute Gasteiger partial charge is 0.355 e. The second-order valence-electron chi connectivity index (χ2n) is 7.72. The zero-order valence-corrected chi connectivity index (χ0v) is 18.0. The monoisotopic (exact) mass is 459 g/mol. The van der Waals surface area contributed by atoms with E-state index in [1.807, 2.05) is 0 Å². The number of methoxy groups -OCH3 is 1.